The van der Waals surface area contributed by atoms with Gasteiger partial charge in [-0.25, -0.2) is 0 Å². The highest BCUT2D eigenvalue weighted by molar-refractivity contribution is 5.44. The molecule has 2 atom stereocenters. The maximum Gasteiger partial charge on any atom is 0.0314 e. The lowest BCUT2D eigenvalue weighted by molar-refractivity contribution is 0.444. The number of anilines is 2. The molecule has 4 N–H and O–H groups in total. The minimum absolute atomic E-state index is 0.426. The summed E-state index contributed by atoms with van der Waals surface area (Å²) in [4.78, 5) is 0. The van der Waals surface area contributed by atoms with Crippen molar-refractivity contribution in [2.24, 2.45) is 5.92 Å². The van der Waals surface area contributed by atoms with E-state index in [2.05, 4.69) is 118 Å². The molecule has 2 unspecified atom stereocenters. The summed E-state index contributed by atoms with van der Waals surface area (Å²) in [6.45, 7) is 6.91. The summed E-state index contributed by atoms with van der Waals surface area (Å²) in [7, 11) is 0. The standard InChI is InChI=1S/C56H84N2/c1-4-7-10-13-16-17-18-19-22-25-48(44-46-28-32-49(33-29-46)55(26-23-20-14-11-8-5-2)51-36-40-53(57)41-37-51)45-47-30-34-50(35-31-47)56(27-24-21-15-12-9-6-3)52-38-42-54(58)43-39-52/h28-43,48,55-56H,4-27,44-45,57-58H2,1-3H3. The van der Waals surface area contributed by atoms with Gasteiger partial charge in [0.1, 0.15) is 0 Å². The van der Waals surface area contributed by atoms with E-state index in [1.165, 1.54) is 187 Å². The molecule has 0 saturated carbocycles. The average Bonchev–Trinajstić information content (AvgIpc) is 3.24. The van der Waals surface area contributed by atoms with Crippen LogP contribution >= 0.6 is 0 Å². The van der Waals surface area contributed by atoms with Crippen molar-refractivity contribution in [3.8, 4) is 0 Å². The fourth-order valence-electron chi connectivity index (χ4n) is 9.22. The lowest BCUT2D eigenvalue weighted by Crippen LogP contribution is -2.10. The second-order valence-electron chi connectivity index (χ2n) is 17.9. The van der Waals surface area contributed by atoms with Gasteiger partial charge in [0.2, 0.25) is 0 Å². The maximum absolute atomic E-state index is 6.12. The largest absolute Gasteiger partial charge is 0.399 e. The molecule has 0 aliphatic carbocycles. The minimum Gasteiger partial charge on any atom is -0.399 e. The Morgan fingerprint density at radius 1 is 0.310 bits per heavy atom. The average molecular weight is 785 g/mol. The van der Waals surface area contributed by atoms with Gasteiger partial charge in [-0.1, -0.05) is 228 Å². The van der Waals surface area contributed by atoms with Gasteiger partial charge in [0.25, 0.3) is 0 Å². The Bertz CT molecular complexity index is 1460. The van der Waals surface area contributed by atoms with Crippen LogP contribution in [0, 0.1) is 5.92 Å². The van der Waals surface area contributed by atoms with Gasteiger partial charge in [-0.05, 0) is 95.7 Å². The van der Waals surface area contributed by atoms with E-state index in [0.29, 0.717) is 17.8 Å². The third-order valence-corrected chi connectivity index (χ3v) is 12.9. The Balaban J connectivity index is 1.44. The number of hydrogen-bond acceptors (Lipinski definition) is 2. The molecule has 58 heavy (non-hydrogen) atoms. The number of nitrogen functional groups attached to an aromatic ring is 2. The maximum atomic E-state index is 6.12. The first-order valence-electron chi connectivity index (χ1n) is 24.4. The molecule has 4 aromatic carbocycles. The van der Waals surface area contributed by atoms with Crippen molar-refractivity contribution in [1.82, 2.24) is 0 Å². The fourth-order valence-corrected chi connectivity index (χ4v) is 9.22. The molecule has 0 heterocycles. The molecule has 0 bridgehead atoms. The van der Waals surface area contributed by atoms with Crippen LogP contribution in [0.25, 0.3) is 0 Å². The van der Waals surface area contributed by atoms with Crippen molar-refractivity contribution in [3.63, 3.8) is 0 Å². The van der Waals surface area contributed by atoms with Crippen molar-refractivity contribution >= 4 is 11.4 Å². The van der Waals surface area contributed by atoms with Gasteiger partial charge in [-0.2, -0.15) is 0 Å². The quantitative estimate of drug-likeness (QED) is 0.0383. The normalized spacial score (nSPS) is 13.1. The Hall–Kier alpha value is -3.52. The molecule has 0 amide bonds. The summed E-state index contributed by atoms with van der Waals surface area (Å²) in [5.74, 6) is 1.50. The zero-order valence-corrected chi connectivity index (χ0v) is 37.5. The highest BCUT2D eigenvalue weighted by Gasteiger charge is 2.18. The first kappa shape index (κ1) is 47.2. The van der Waals surface area contributed by atoms with E-state index in [-0.39, 0.29) is 0 Å². The molecule has 0 radical (unpaired) electrons. The summed E-state index contributed by atoms with van der Waals surface area (Å²) in [5, 5.41) is 0. The molecule has 0 fully saturated rings. The lowest BCUT2D eigenvalue weighted by atomic mass is 9.83. The Morgan fingerprint density at radius 3 is 0.879 bits per heavy atom. The van der Waals surface area contributed by atoms with Crippen LogP contribution in [0.3, 0.4) is 0 Å². The minimum atomic E-state index is 0.426. The Morgan fingerprint density at radius 2 is 0.569 bits per heavy atom. The monoisotopic (exact) mass is 785 g/mol. The molecule has 0 saturated heterocycles. The zero-order valence-electron chi connectivity index (χ0n) is 37.5. The first-order chi connectivity index (χ1) is 28.5. The van der Waals surface area contributed by atoms with Gasteiger partial charge in [-0.15, -0.1) is 0 Å². The zero-order chi connectivity index (χ0) is 41.0. The van der Waals surface area contributed by atoms with Gasteiger partial charge in [0, 0.05) is 23.2 Å². The highest BCUT2D eigenvalue weighted by Crippen LogP contribution is 2.34. The number of hydrogen-bond donors (Lipinski definition) is 2. The van der Waals surface area contributed by atoms with E-state index < -0.39 is 0 Å². The van der Waals surface area contributed by atoms with Crippen LogP contribution in [-0.4, -0.2) is 0 Å². The predicted molar refractivity (Wildman–Crippen MR) is 257 cm³/mol. The summed E-state index contributed by atoms with van der Waals surface area (Å²) < 4.78 is 0. The number of nitrogens with two attached hydrogens (primary N) is 2. The number of rotatable bonds is 32. The van der Waals surface area contributed by atoms with Crippen LogP contribution in [0.2, 0.25) is 0 Å². The van der Waals surface area contributed by atoms with E-state index >= 15 is 0 Å². The SMILES string of the molecule is CCCCCCCCCCCC(Cc1ccc(C(CCCCCCCC)c2ccc(N)cc2)cc1)Cc1ccc(C(CCCCCCCC)c2ccc(N)cc2)cc1. The van der Waals surface area contributed by atoms with Gasteiger partial charge in [0.05, 0.1) is 0 Å². The van der Waals surface area contributed by atoms with Gasteiger partial charge in [-0.3, -0.25) is 0 Å². The molecule has 2 heteroatoms. The van der Waals surface area contributed by atoms with Crippen molar-refractivity contribution < 1.29 is 0 Å². The first-order valence-corrected chi connectivity index (χ1v) is 24.4. The third-order valence-electron chi connectivity index (χ3n) is 12.9. The van der Waals surface area contributed by atoms with Crippen LogP contribution in [0.1, 0.15) is 220 Å². The van der Waals surface area contributed by atoms with Crippen molar-refractivity contribution in [3.05, 3.63) is 130 Å². The molecule has 0 aliphatic rings. The lowest BCUT2D eigenvalue weighted by Gasteiger charge is -2.21. The molecule has 0 aromatic heterocycles. The molecule has 0 spiro atoms. The molecule has 318 valence electrons. The van der Waals surface area contributed by atoms with Gasteiger partial charge >= 0.3 is 0 Å². The Labute approximate surface area is 357 Å². The van der Waals surface area contributed by atoms with Crippen LogP contribution in [0.5, 0.6) is 0 Å². The van der Waals surface area contributed by atoms with E-state index in [0.717, 1.165) is 24.2 Å². The molecule has 4 aromatic rings. The summed E-state index contributed by atoms with van der Waals surface area (Å²) in [6, 6.07) is 36.9. The molecular formula is C56H84N2. The van der Waals surface area contributed by atoms with Crippen molar-refractivity contribution in [2.75, 3.05) is 11.5 Å². The molecular weight excluding hydrogens is 701 g/mol. The van der Waals surface area contributed by atoms with Crippen molar-refractivity contribution in [1.29, 1.82) is 0 Å². The molecule has 4 rings (SSSR count). The smallest absolute Gasteiger partial charge is 0.0314 e. The van der Waals surface area contributed by atoms with E-state index in [9.17, 15) is 0 Å². The number of unbranched alkanes of at least 4 members (excludes halogenated alkanes) is 18. The third kappa shape index (κ3) is 18.2. The second-order valence-corrected chi connectivity index (χ2v) is 17.9. The van der Waals surface area contributed by atoms with E-state index in [1.54, 1.807) is 0 Å². The summed E-state index contributed by atoms with van der Waals surface area (Å²) in [6.07, 6.45) is 34.4. The molecule has 0 aliphatic heterocycles. The van der Waals surface area contributed by atoms with Crippen LogP contribution in [0.4, 0.5) is 11.4 Å². The van der Waals surface area contributed by atoms with Crippen LogP contribution in [0.15, 0.2) is 97.1 Å². The number of benzene rings is 4. The second kappa shape index (κ2) is 28.8. The fraction of sp³-hybridized carbons (Fsp3) is 0.571. The van der Waals surface area contributed by atoms with Gasteiger partial charge < -0.3 is 11.5 Å². The molecule has 2 nitrogen and oxygen atoms in total. The van der Waals surface area contributed by atoms with E-state index in [1.807, 2.05) is 0 Å². The van der Waals surface area contributed by atoms with E-state index in [4.69, 9.17) is 11.5 Å². The van der Waals surface area contributed by atoms with Crippen LogP contribution < -0.4 is 11.5 Å². The summed E-state index contributed by atoms with van der Waals surface area (Å²) in [5.41, 5.74) is 22.6. The Kier molecular flexibility index (Phi) is 23.4. The van der Waals surface area contributed by atoms with Crippen LogP contribution in [-0.2, 0) is 12.8 Å². The highest BCUT2D eigenvalue weighted by atomic mass is 14.5. The van der Waals surface area contributed by atoms with Gasteiger partial charge in [0.15, 0.2) is 0 Å². The topological polar surface area (TPSA) is 52.0 Å². The summed E-state index contributed by atoms with van der Waals surface area (Å²) >= 11 is 0. The predicted octanol–water partition coefficient (Wildman–Crippen LogP) is 16.9. The van der Waals surface area contributed by atoms with Crippen molar-refractivity contribution in [2.45, 2.75) is 200 Å².